The molecular formula is C58H78O3P+. The van der Waals surface area contributed by atoms with Crippen molar-refractivity contribution in [1.82, 2.24) is 0 Å². The van der Waals surface area contributed by atoms with Crippen molar-refractivity contribution in [3.8, 4) is 22.3 Å². The monoisotopic (exact) mass is 854 g/mol. The summed E-state index contributed by atoms with van der Waals surface area (Å²) in [5.41, 5.74) is 10.3. The van der Waals surface area contributed by atoms with Crippen LogP contribution in [0, 0.1) is 0 Å². The zero-order valence-electron chi connectivity index (χ0n) is 42.2. The molecule has 0 bridgehead atoms. The molecule has 62 heavy (non-hydrogen) atoms. The number of hydrogen-bond donors (Lipinski definition) is 3. The largest absolute Gasteiger partial charge is 0.442 e. The summed E-state index contributed by atoms with van der Waals surface area (Å²) in [5.74, 6) is 0. The van der Waals surface area contributed by atoms with E-state index in [-0.39, 0.29) is 43.2 Å². The van der Waals surface area contributed by atoms with Gasteiger partial charge in [-0.2, -0.15) is 14.7 Å². The van der Waals surface area contributed by atoms with E-state index >= 15 is 0 Å². The fourth-order valence-corrected chi connectivity index (χ4v) is 10.3. The average Bonchev–Trinajstić information content (AvgIpc) is 3.08. The molecule has 6 aromatic rings. The van der Waals surface area contributed by atoms with Gasteiger partial charge in [-0.1, -0.05) is 188 Å². The summed E-state index contributed by atoms with van der Waals surface area (Å²) in [6, 6.07) is 27.4. The summed E-state index contributed by atoms with van der Waals surface area (Å²) in [6.45, 7) is 47.4. The van der Waals surface area contributed by atoms with E-state index in [2.05, 4.69) is 218 Å². The first-order valence-electron chi connectivity index (χ1n) is 22.8. The molecule has 0 unspecified atom stereocenters. The van der Waals surface area contributed by atoms with Crippen molar-refractivity contribution >= 4 is 45.6 Å². The number of benzene rings is 6. The van der Waals surface area contributed by atoms with Crippen LogP contribution in [-0.4, -0.2) is 14.7 Å². The van der Waals surface area contributed by atoms with Crippen molar-refractivity contribution in [3.05, 3.63) is 112 Å². The van der Waals surface area contributed by atoms with E-state index in [9.17, 15) is 14.7 Å². The van der Waals surface area contributed by atoms with E-state index in [0.29, 0.717) is 11.1 Å². The van der Waals surface area contributed by atoms with E-state index in [4.69, 9.17) is 0 Å². The highest BCUT2D eigenvalue weighted by molar-refractivity contribution is 7.67. The second-order valence-electron chi connectivity index (χ2n) is 25.7. The first-order valence-corrected chi connectivity index (χ1v) is 24.4. The highest BCUT2D eigenvalue weighted by Gasteiger charge is 2.44. The molecule has 3 N–H and O–H groups in total. The Kier molecular flexibility index (Phi) is 11.6. The van der Waals surface area contributed by atoms with Crippen LogP contribution in [0.25, 0.3) is 54.6 Å². The average molecular weight is 854 g/mol. The van der Waals surface area contributed by atoms with Gasteiger partial charge in [-0.15, -0.1) is 0 Å². The van der Waals surface area contributed by atoms with Crippen molar-refractivity contribution in [2.45, 2.75) is 183 Å². The van der Waals surface area contributed by atoms with Crippen LogP contribution in [0.2, 0.25) is 0 Å². The zero-order chi connectivity index (χ0) is 46.9. The van der Waals surface area contributed by atoms with Gasteiger partial charge in [0.2, 0.25) is 0 Å². The molecule has 0 heterocycles. The van der Waals surface area contributed by atoms with Gasteiger partial charge in [-0.05, 0) is 151 Å². The summed E-state index contributed by atoms with van der Waals surface area (Å²) < 4.78 is 0. The minimum atomic E-state index is -4.74. The number of fused-ring (bicyclic) bond motifs is 3. The van der Waals surface area contributed by atoms with Gasteiger partial charge in [0.1, 0.15) is 0 Å². The van der Waals surface area contributed by atoms with Crippen LogP contribution in [0.1, 0.15) is 184 Å². The molecule has 0 saturated carbocycles. The third kappa shape index (κ3) is 9.17. The van der Waals surface area contributed by atoms with Gasteiger partial charge in [-0.3, -0.25) is 0 Å². The van der Waals surface area contributed by atoms with Gasteiger partial charge in [0.05, 0.1) is 0 Å². The molecule has 0 saturated heterocycles. The summed E-state index contributed by atoms with van der Waals surface area (Å²) in [7, 11) is -4.74. The summed E-state index contributed by atoms with van der Waals surface area (Å²) in [6.07, 6.45) is 0. The smallest absolute Gasteiger partial charge is 0.189 e. The van der Waals surface area contributed by atoms with Crippen molar-refractivity contribution in [1.29, 1.82) is 0 Å². The summed E-state index contributed by atoms with van der Waals surface area (Å²) in [4.78, 5) is 36.5. The fraction of sp³-hybridized carbons (Fsp3) is 0.483. The second kappa shape index (κ2) is 15.0. The van der Waals surface area contributed by atoms with Crippen LogP contribution in [0.4, 0.5) is 0 Å². The van der Waals surface area contributed by atoms with Gasteiger partial charge in [-0.25, -0.2) is 0 Å². The fourth-order valence-electron chi connectivity index (χ4n) is 9.25. The molecule has 0 aliphatic carbocycles. The Labute approximate surface area is 376 Å². The molecule has 0 atom stereocenters. The predicted molar refractivity (Wildman–Crippen MR) is 274 cm³/mol. The summed E-state index contributed by atoms with van der Waals surface area (Å²) >= 11 is 0. The molecule has 332 valence electrons. The Morgan fingerprint density at radius 2 is 0.661 bits per heavy atom. The Balaban J connectivity index is 1.94. The van der Waals surface area contributed by atoms with Gasteiger partial charge < -0.3 is 0 Å². The van der Waals surface area contributed by atoms with E-state index in [1.54, 1.807) is 0 Å². The zero-order valence-corrected chi connectivity index (χ0v) is 43.1. The lowest BCUT2D eigenvalue weighted by Crippen LogP contribution is -2.22. The molecule has 6 rings (SSSR count). The molecule has 4 heteroatoms. The minimum Gasteiger partial charge on any atom is -0.189 e. The lowest BCUT2D eigenvalue weighted by molar-refractivity contribution is 0.347. The predicted octanol–water partition coefficient (Wildman–Crippen LogP) is 15.9. The van der Waals surface area contributed by atoms with E-state index in [1.807, 2.05) is 0 Å². The maximum Gasteiger partial charge on any atom is 0.442 e. The lowest BCUT2D eigenvalue weighted by atomic mass is 9.73. The van der Waals surface area contributed by atoms with Gasteiger partial charge >= 0.3 is 7.94 Å². The first kappa shape index (κ1) is 47.9. The van der Waals surface area contributed by atoms with E-state index < -0.39 is 7.94 Å². The molecular weight excluding hydrogens is 776 g/mol. The van der Waals surface area contributed by atoms with Crippen LogP contribution in [0.5, 0.6) is 0 Å². The molecule has 3 nitrogen and oxygen atoms in total. The Morgan fingerprint density at radius 3 is 1.03 bits per heavy atom. The van der Waals surface area contributed by atoms with Crippen LogP contribution < -0.4 is 5.30 Å². The molecule has 0 radical (unpaired) electrons. The molecule has 0 amide bonds. The highest BCUT2D eigenvalue weighted by atomic mass is 31.2. The Bertz CT molecular complexity index is 2730. The topological polar surface area (TPSA) is 60.7 Å². The van der Waals surface area contributed by atoms with Crippen molar-refractivity contribution in [2.24, 2.45) is 0 Å². The number of hydrogen-bond acceptors (Lipinski definition) is 3. The normalized spacial score (nSPS) is 14.1. The highest BCUT2D eigenvalue weighted by Crippen LogP contribution is 2.55. The molecule has 0 spiro atoms. The van der Waals surface area contributed by atoms with Crippen LogP contribution in [0.3, 0.4) is 0 Å². The molecule has 0 aliphatic rings. The quantitative estimate of drug-likeness (QED) is 0.155. The van der Waals surface area contributed by atoms with Crippen molar-refractivity contribution in [3.63, 3.8) is 0 Å². The Morgan fingerprint density at radius 1 is 0.306 bits per heavy atom. The third-order valence-electron chi connectivity index (χ3n) is 13.0. The standard InChI is InChI=1S/C58H78O3P/c1-52(2,3)37-22-23-40-34(24-37)27-44(43-32-41-35(28-46(43)55(10,11)12)25-38(53(4,5)6)30-48(41)57(16,17)18)51(62(59,60)61)50(40)45-33-42-36(29-47(45)56(13,14)15)26-39(54(7,8)9)31-49(42)58(19,20)21/h22-33,59-61H,1-21H3/q+1. The van der Waals surface area contributed by atoms with Gasteiger partial charge in [0.15, 0.2) is 5.30 Å². The van der Waals surface area contributed by atoms with E-state index in [1.165, 1.54) is 38.6 Å². The maximum absolute atomic E-state index is 12.2. The molecule has 6 aromatic carbocycles. The minimum absolute atomic E-state index is 0.0551. The number of rotatable bonds is 3. The van der Waals surface area contributed by atoms with Gasteiger partial charge in [0, 0.05) is 11.1 Å². The maximum atomic E-state index is 12.2. The third-order valence-corrected chi connectivity index (χ3v) is 14.0. The molecule has 0 aromatic heterocycles. The first-order chi connectivity index (χ1) is 27.8. The van der Waals surface area contributed by atoms with Gasteiger partial charge in [0.25, 0.3) is 0 Å². The van der Waals surface area contributed by atoms with Crippen LogP contribution >= 0.6 is 7.94 Å². The SMILES string of the molecule is CC(C)(C)c1cc(C(C)(C)C)c2cc(-c3cc4cc(C(C)(C)C)ccc4c(-c4cc5c(C(C)(C)C)cc(C(C)(C)C)cc5cc4C(C)(C)C)c3[P+](O)(O)O)c(C(C)(C)C)cc2c1. The molecule has 0 fully saturated rings. The van der Waals surface area contributed by atoms with Crippen LogP contribution in [-0.2, 0) is 37.9 Å². The summed E-state index contributed by atoms with van der Waals surface area (Å²) in [5, 5.41) is 6.68. The Hall–Kier alpha value is -3.59. The van der Waals surface area contributed by atoms with Crippen LogP contribution in [0.15, 0.2) is 72.8 Å². The second-order valence-corrected chi connectivity index (χ2v) is 27.3. The van der Waals surface area contributed by atoms with E-state index in [0.717, 1.165) is 43.8 Å². The van der Waals surface area contributed by atoms with Crippen molar-refractivity contribution in [2.75, 3.05) is 0 Å². The van der Waals surface area contributed by atoms with Crippen molar-refractivity contribution < 1.29 is 14.7 Å². The lowest BCUT2D eigenvalue weighted by Gasteiger charge is -2.31. The molecule has 0 aliphatic heterocycles.